The Bertz CT molecular complexity index is 533. The van der Waals surface area contributed by atoms with E-state index in [2.05, 4.69) is 20.9 Å². The Balaban J connectivity index is 5.06. The Morgan fingerprint density at radius 3 is 2.11 bits per heavy atom. The smallest absolute Gasteiger partial charge is 0.407 e. The molecule has 1 unspecified atom stereocenters. The van der Waals surface area contributed by atoms with Crippen molar-refractivity contribution in [3.8, 4) is 0 Å². The molecule has 0 saturated carbocycles. The zero-order valence-electron chi connectivity index (χ0n) is 19.4. The first kappa shape index (κ1) is 26.0. The first-order chi connectivity index (χ1) is 12.6. The van der Waals surface area contributed by atoms with Crippen LogP contribution in [0, 0.1) is 5.92 Å². The Kier molecular flexibility index (Phi) is 10.3. The Hall–Kier alpha value is -1.99. The molecule has 0 fully saturated rings. The number of nitrogens with one attached hydrogen (secondary N) is 3. The minimum absolute atomic E-state index is 0.0760. The number of rotatable bonds is 7. The number of amides is 2. The number of likely N-dealkylation sites (N-methyl/N-ethyl adjacent to an activating group) is 1. The van der Waals surface area contributed by atoms with Crippen LogP contribution in [-0.4, -0.2) is 66.7 Å². The lowest BCUT2D eigenvalue weighted by Crippen LogP contribution is -2.49. The highest BCUT2D eigenvalue weighted by Gasteiger charge is 2.22. The number of carbonyl (C=O) groups excluding carboxylic acids is 2. The van der Waals surface area contributed by atoms with E-state index in [1.54, 1.807) is 4.90 Å². The second-order valence-corrected chi connectivity index (χ2v) is 9.35. The maximum Gasteiger partial charge on any atom is 0.407 e. The van der Waals surface area contributed by atoms with Gasteiger partial charge in [-0.25, -0.2) is 4.79 Å². The van der Waals surface area contributed by atoms with Gasteiger partial charge in [-0.1, -0.05) is 13.8 Å². The highest BCUT2D eigenvalue weighted by atomic mass is 16.6. The van der Waals surface area contributed by atoms with Crippen LogP contribution >= 0.6 is 0 Å². The number of nitrogens with zero attached hydrogens (tertiary/aromatic N) is 2. The van der Waals surface area contributed by atoms with E-state index in [-0.39, 0.29) is 30.0 Å². The molecule has 164 valence electrons. The van der Waals surface area contributed by atoms with Gasteiger partial charge in [0, 0.05) is 19.1 Å². The number of carbonyl (C=O) groups is 2. The van der Waals surface area contributed by atoms with Crippen molar-refractivity contribution in [1.29, 1.82) is 0 Å². The zero-order valence-corrected chi connectivity index (χ0v) is 19.4. The lowest BCUT2D eigenvalue weighted by molar-refractivity contribution is -0.122. The van der Waals surface area contributed by atoms with Gasteiger partial charge < -0.3 is 25.6 Å². The average Bonchev–Trinajstić information content (AvgIpc) is 2.45. The van der Waals surface area contributed by atoms with Crippen LogP contribution in [-0.2, 0) is 9.53 Å². The van der Waals surface area contributed by atoms with Crippen LogP contribution in [0.2, 0.25) is 0 Å². The largest absolute Gasteiger partial charge is 0.444 e. The lowest BCUT2D eigenvalue weighted by atomic mass is 10.1. The molecule has 0 rings (SSSR count). The molecular formula is C20H41N5O3. The number of alkyl carbamates (subject to hydrolysis) is 1. The topological polar surface area (TPSA) is 95.1 Å². The quantitative estimate of drug-likeness (QED) is 0.451. The summed E-state index contributed by atoms with van der Waals surface area (Å²) in [7, 11) is 1.81. The number of hydrogen-bond donors (Lipinski definition) is 3. The maximum atomic E-state index is 12.2. The van der Waals surface area contributed by atoms with Crippen LogP contribution in [0.25, 0.3) is 0 Å². The summed E-state index contributed by atoms with van der Waals surface area (Å²) in [5.41, 5.74) is -0.835. The molecule has 3 N–H and O–H groups in total. The van der Waals surface area contributed by atoms with Crippen LogP contribution in [0.4, 0.5) is 4.79 Å². The van der Waals surface area contributed by atoms with Crippen molar-refractivity contribution in [3.05, 3.63) is 0 Å². The van der Waals surface area contributed by atoms with Gasteiger partial charge in [0.2, 0.25) is 5.91 Å². The van der Waals surface area contributed by atoms with Crippen LogP contribution in [0.5, 0.6) is 0 Å². The molecule has 8 heteroatoms. The molecule has 0 bridgehead atoms. The summed E-state index contributed by atoms with van der Waals surface area (Å²) < 4.78 is 5.34. The molecule has 2 amide bonds. The number of aliphatic imine (C=N–C) groups is 1. The van der Waals surface area contributed by atoms with E-state index < -0.39 is 11.7 Å². The van der Waals surface area contributed by atoms with Crippen molar-refractivity contribution in [2.75, 3.05) is 26.7 Å². The minimum atomic E-state index is -0.551. The van der Waals surface area contributed by atoms with Gasteiger partial charge in [-0.05, 0) is 54.4 Å². The molecule has 0 aliphatic rings. The Labute approximate surface area is 170 Å². The van der Waals surface area contributed by atoms with E-state index in [0.29, 0.717) is 19.0 Å². The van der Waals surface area contributed by atoms with Crippen molar-refractivity contribution in [1.82, 2.24) is 20.9 Å². The highest BCUT2D eigenvalue weighted by molar-refractivity contribution is 5.86. The Morgan fingerprint density at radius 1 is 1.11 bits per heavy atom. The second kappa shape index (κ2) is 11.1. The predicted molar refractivity (Wildman–Crippen MR) is 115 cm³/mol. The summed E-state index contributed by atoms with van der Waals surface area (Å²) in [6, 6.07) is -0.180. The molecular weight excluding hydrogens is 358 g/mol. The van der Waals surface area contributed by atoms with Crippen LogP contribution in [0.3, 0.4) is 0 Å². The summed E-state index contributed by atoms with van der Waals surface area (Å²) in [4.78, 5) is 30.7. The fourth-order valence-electron chi connectivity index (χ4n) is 2.28. The third kappa shape index (κ3) is 12.4. The molecule has 0 aromatic heterocycles. The second-order valence-electron chi connectivity index (χ2n) is 9.35. The monoisotopic (exact) mass is 399 g/mol. The van der Waals surface area contributed by atoms with Crippen LogP contribution in [0.15, 0.2) is 4.99 Å². The predicted octanol–water partition coefficient (Wildman–Crippen LogP) is 2.35. The van der Waals surface area contributed by atoms with Gasteiger partial charge in [0.15, 0.2) is 5.96 Å². The standard InChI is InChI=1S/C20H41N5O3/c1-11-21-17(25(10)13-16(26)24-19(4,5)6)22-12-15(14(2)3)23-18(27)28-20(7,8)9/h14-15H,11-13H2,1-10H3,(H,21,22)(H,23,27)(H,24,26). The van der Waals surface area contributed by atoms with E-state index in [1.165, 1.54) is 0 Å². The zero-order chi connectivity index (χ0) is 22.1. The fraction of sp³-hybridized carbons (Fsp3) is 0.850. The lowest BCUT2D eigenvalue weighted by Gasteiger charge is -2.27. The number of ether oxygens (including phenoxy) is 1. The van der Waals surface area contributed by atoms with Crippen molar-refractivity contribution in [3.63, 3.8) is 0 Å². The van der Waals surface area contributed by atoms with Crippen LogP contribution < -0.4 is 16.0 Å². The first-order valence-corrected chi connectivity index (χ1v) is 9.94. The van der Waals surface area contributed by atoms with Crippen molar-refractivity contribution >= 4 is 18.0 Å². The van der Waals surface area contributed by atoms with Gasteiger partial charge in [0.25, 0.3) is 0 Å². The van der Waals surface area contributed by atoms with E-state index in [4.69, 9.17) is 4.74 Å². The molecule has 8 nitrogen and oxygen atoms in total. The summed E-state index contributed by atoms with van der Waals surface area (Å²) >= 11 is 0. The molecule has 0 saturated heterocycles. The molecule has 28 heavy (non-hydrogen) atoms. The molecule has 0 aliphatic carbocycles. The van der Waals surface area contributed by atoms with E-state index in [1.807, 2.05) is 69.4 Å². The van der Waals surface area contributed by atoms with Gasteiger partial charge in [-0.15, -0.1) is 0 Å². The summed E-state index contributed by atoms with van der Waals surface area (Å²) in [6.45, 7) is 18.6. The molecule has 0 spiro atoms. The van der Waals surface area contributed by atoms with Gasteiger partial charge in [0.05, 0.1) is 19.1 Å². The van der Waals surface area contributed by atoms with Gasteiger partial charge in [0.1, 0.15) is 5.60 Å². The van der Waals surface area contributed by atoms with Crippen molar-refractivity contribution in [2.45, 2.75) is 79.5 Å². The molecule has 0 aliphatic heterocycles. The molecule has 1 atom stereocenters. The SMILES string of the molecule is CCNC(=NCC(NC(=O)OC(C)(C)C)C(C)C)N(C)CC(=O)NC(C)(C)C. The third-order valence-corrected chi connectivity index (χ3v) is 3.54. The van der Waals surface area contributed by atoms with Gasteiger partial charge in [-0.3, -0.25) is 9.79 Å². The summed E-state index contributed by atoms with van der Waals surface area (Å²) in [6.07, 6.45) is -0.454. The number of guanidine groups is 1. The molecule has 0 aromatic rings. The van der Waals surface area contributed by atoms with Crippen LogP contribution in [0.1, 0.15) is 62.3 Å². The van der Waals surface area contributed by atoms with Crippen molar-refractivity contribution < 1.29 is 14.3 Å². The fourth-order valence-corrected chi connectivity index (χ4v) is 2.28. The average molecular weight is 400 g/mol. The maximum absolute atomic E-state index is 12.2. The molecule has 0 radical (unpaired) electrons. The molecule has 0 heterocycles. The summed E-state index contributed by atoms with van der Waals surface area (Å²) in [5, 5.41) is 9.02. The third-order valence-electron chi connectivity index (χ3n) is 3.54. The van der Waals surface area contributed by atoms with E-state index >= 15 is 0 Å². The van der Waals surface area contributed by atoms with Crippen molar-refractivity contribution in [2.24, 2.45) is 10.9 Å². The summed E-state index contributed by atoms with van der Waals surface area (Å²) in [5.74, 6) is 0.713. The number of hydrogen-bond acceptors (Lipinski definition) is 4. The van der Waals surface area contributed by atoms with Gasteiger partial charge >= 0.3 is 6.09 Å². The van der Waals surface area contributed by atoms with E-state index in [9.17, 15) is 9.59 Å². The van der Waals surface area contributed by atoms with Gasteiger partial charge in [-0.2, -0.15) is 0 Å². The minimum Gasteiger partial charge on any atom is -0.444 e. The molecule has 0 aromatic carbocycles. The highest BCUT2D eigenvalue weighted by Crippen LogP contribution is 2.09. The Morgan fingerprint density at radius 2 is 1.68 bits per heavy atom. The normalized spacial score (nSPS) is 13.8. The first-order valence-electron chi connectivity index (χ1n) is 9.94. The van der Waals surface area contributed by atoms with E-state index in [0.717, 1.165) is 0 Å².